The van der Waals surface area contributed by atoms with Crippen LogP contribution in [0.15, 0.2) is 18.2 Å². The van der Waals surface area contributed by atoms with Crippen molar-refractivity contribution < 1.29 is 9.47 Å². The molecule has 1 saturated heterocycles. The highest BCUT2D eigenvalue weighted by Gasteiger charge is 2.46. The van der Waals surface area contributed by atoms with Gasteiger partial charge >= 0.3 is 0 Å². The molecule has 0 radical (unpaired) electrons. The second-order valence-corrected chi connectivity index (χ2v) is 6.57. The first kappa shape index (κ1) is 14.2. The summed E-state index contributed by atoms with van der Waals surface area (Å²) >= 11 is 0. The zero-order valence-electron chi connectivity index (χ0n) is 12.8. The minimum atomic E-state index is -0.182. The fourth-order valence-electron chi connectivity index (χ4n) is 2.91. The highest BCUT2D eigenvalue weighted by molar-refractivity contribution is 5.59. The van der Waals surface area contributed by atoms with Gasteiger partial charge in [-0.1, -0.05) is 6.07 Å². The highest BCUT2D eigenvalue weighted by atomic mass is 16.5. The lowest BCUT2D eigenvalue weighted by atomic mass is 9.94. The second kappa shape index (κ2) is 4.71. The molecule has 0 aliphatic carbocycles. The van der Waals surface area contributed by atoms with Gasteiger partial charge in [0.1, 0.15) is 5.75 Å². The molecule has 1 unspecified atom stereocenters. The summed E-state index contributed by atoms with van der Waals surface area (Å²) in [5, 5.41) is 3.60. The van der Waals surface area contributed by atoms with Crippen molar-refractivity contribution in [1.29, 1.82) is 0 Å². The van der Waals surface area contributed by atoms with E-state index in [0.29, 0.717) is 0 Å². The van der Waals surface area contributed by atoms with Crippen LogP contribution in [0.4, 0.5) is 5.69 Å². The van der Waals surface area contributed by atoms with Crippen molar-refractivity contribution in [2.45, 2.75) is 58.3 Å². The number of rotatable bonds is 3. The molecular weight excluding hydrogens is 238 g/mol. The van der Waals surface area contributed by atoms with Gasteiger partial charge in [-0.15, -0.1) is 0 Å². The van der Waals surface area contributed by atoms with Gasteiger partial charge in [0.05, 0.1) is 30.0 Å². The van der Waals surface area contributed by atoms with Gasteiger partial charge in [-0.2, -0.15) is 0 Å². The van der Waals surface area contributed by atoms with E-state index in [2.05, 4.69) is 52.1 Å². The second-order valence-electron chi connectivity index (χ2n) is 6.57. The number of methoxy groups -OCH3 is 1. The fourth-order valence-corrected chi connectivity index (χ4v) is 2.91. The summed E-state index contributed by atoms with van der Waals surface area (Å²) in [5.41, 5.74) is 2.00. The van der Waals surface area contributed by atoms with Crippen molar-refractivity contribution in [3.05, 3.63) is 23.8 Å². The van der Waals surface area contributed by atoms with Crippen LogP contribution in [-0.4, -0.2) is 24.4 Å². The number of anilines is 1. The summed E-state index contributed by atoms with van der Waals surface area (Å²) in [6, 6.07) is 6.47. The first-order valence-corrected chi connectivity index (χ1v) is 6.85. The number of hydrogen-bond acceptors (Lipinski definition) is 3. The summed E-state index contributed by atoms with van der Waals surface area (Å²) in [5.74, 6) is 0.881. The molecule has 1 heterocycles. The number of benzene rings is 1. The lowest BCUT2D eigenvalue weighted by Gasteiger charge is -2.29. The first-order chi connectivity index (χ1) is 8.73. The topological polar surface area (TPSA) is 30.5 Å². The molecule has 3 heteroatoms. The van der Waals surface area contributed by atoms with Gasteiger partial charge in [0.15, 0.2) is 0 Å². The largest absolute Gasteiger partial charge is 0.495 e. The van der Waals surface area contributed by atoms with Gasteiger partial charge in [0.2, 0.25) is 0 Å². The highest BCUT2D eigenvalue weighted by Crippen LogP contribution is 2.40. The average Bonchev–Trinajstić information content (AvgIpc) is 2.47. The number of nitrogens with one attached hydrogen (secondary N) is 1. The molecule has 0 bridgehead atoms. The number of hydrogen-bond donors (Lipinski definition) is 1. The van der Waals surface area contributed by atoms with Crippen LogP contribution in [0.3, 0.4) is 0 Å². The third-order valence-corrected chi connectivity index (χ3v) is 3.76. The van der Waals surface area contributed by atoms with E-state index in [9.17, 15) is 0 Å². The Kier molecular flexibility index (Phi) is 3.52. The first-order valence-electron chi connectivity index (χ1n) is 6.85. The van der Waals surface area contributed by atoms with Crippen LogP contribution in [0.5, 0.6) is 5.75 Å². The fraction of sp³-hybridized carbons (Fsp3) is 0.625. The van der Waals surface area contributed by atoms with Crippen LogP contribution in [0, 0.1) is 6.92 Å². The van der Waals surface area contributed by atoms with E-state index in [1.54, 1.807) is 7.11 Å². The maximum atomic E-state index is 6.12. The Morgan fingerprint density at radius 1 is 1.26 bits per heavy atom. The predicted molar refractivity (Wildman–Crippen MR) is 79.0 cm³/mol. The molecule has 1 fully saturated rings. The molecule has 0 spiro atoms. The van der Waals surface area contributed by atoms with E-state index in [1.165, 1.54) is 5.56 Å². The summed E-state index contributed by atoms with van der Waals surface area (Å²) < 4.78 is 11.5. The van der Waals surface area contributed by atoms with Gasteiger partial charge in [0.25, 0.3) is 0 Å². The molecule has 3 nitrogen and oxygen atoms in total. The summed E-state index contributed by atoms with van der Waals surface area (Å²) in [6.07, 6.45) is 0.983. The van der Waals surface area contributed by atoms with Crippen molar-refractivity contribution in [1.82, 2.24) is 0 Å². The molecule has 1 aromatic rings. The van der Waals surface area contributed by atoms with Crippen molar-refractivity contribution >= 4 is 5.69 Å². The third kappa shape index (κ3) is 3.03. The molecule has 1 aliphatic heterocycles. The smallest absolute Gasteiger partial charge is 0.141 e. The van der Waals surface area contributed by atoms with Crippen molar-refractivity contribution in [3.8, 4) is 5.75 Å². The molecule has 106 valence electrons. The maximum Gasteiger partial charge on any atom is 0.141 e. The van der Waals surface area contributed by atoms with Crippen molar-refractivity contribution in [2.75, 3.05) is 12.4 Å². The Labute approximate surface area is 116 Å². The number of aryl methyl sites for hydroxylation is 1. The van der Waals surface area contributed by atoms with Crippen LogP contribution in [0.2, 0.25) is 0 Å². The summed E-state index contributed by atoms with van der Waals surface area (Å²) in [6.45, 7) is 10.7. The molecule has 2 rings (SSSR count). The van der Waals surface area contributed by atoms with Crippen LogP contribution in [0.1, 0.15) is 39.7 Å². The molecule has 1 aromatic carbocycles. The van der Waals surface area contributed by atoms with Gasteiger partial charge in [0, 0.05) is 0 Å². The molecule has 1 aliphatic rings. The van der Waals surface area contributed by atoms with E-state index < -0.39 is 0 Å². The summed E-state index contributed by atoms with van der Waals surface area (Å²) in [4.78, 5) is 0. The summed E-state index contributed by atoms with van der Waals surface area (Å²) in [7, 11) is 1.70. The lowest BCUT2D eigenvalue weighted by molar-refractivity contribution is -0.0662. The van der Waals surface area contributed by atoms with Gasteiger partial charge in [-0.05, 0) is 58.7 Å². The molecule has 1 atom stereocenters. The third-order valence-electron chi connectivity index (χ3n) is 3.76. The number of ether oxygens (including phenoxy) is 2. The minimum Gasteiger partial charge on any atom is -0.495 e. The monoisotopic (exact) mass is 263 g/mol. The maximum absolute atomic E-state index is 6.12. The van der Waals surface area contributed by atoms with Gasteiger partial charge in [-0.25, -0.2) is 0 Å². The van der Waals surface area contributed by atoms with Crippen molar-refractivity contribution in [3.63, 3.8) is 0 Å². The Morgan fingerprint density at radius 2 is 1.95 bits per heavy atom. The van der Waals surface area contributed by atoms with Gasteiger partial charge < -0.3 is 14.8 Å². The molecule has 0 amide bonds. The van der Waals surface area contributed by atoms with Crippen LogP contribution in [0.25, 0.3) is 0 Å². The van der Waals surface area contributed by atoms with Crippen molar-refractivity contribution in [2.24, 2.45) is 0 Å². The van der Waals surface area contributed by atoms with Crippen LogP contribution in [-0.2, 0) is 4.74 Å². The van der Waals surface area contributed by atoms with Gasteiger partial charge in [-0.3, -0.25) is 0 Å². The Morgan fingerprint density at radius 3 is 2.47 bits per heavy atom. The Hall–Kier alpha value is -1.22. The molecular formula is C16H25NO2. The quantitative estimate of drug-likeness (QED) is 0.900. The molecule has 19 heavy (non-hydrogen) atoms. The van der Waals surface area contributed by atoms with E-state index in [1.807, 2.05) is 6.07 Å². The molecule has 1 N–H and O–H groups in total. The lowest BCUT2D eigenvalue weighted by Crippen LogP contribution is -2.38. The Bertz CT molecular complexity index is 466. The van der Waals surface area contributed by atoms with Crippen LogP contribution >= 0.6 is 0 Å². The Balaban J connectivity index is 2.24. The predicted octanol–water partition coefficient (Wildman–Crippen LogP) is 3.76. The van der Waals surface area contributed by atoms with E-state index in [-0.39, 0.29) is 17.2 Å². The van der Waals surface area contributed by atoms with E-state index >= 15 is 0 Å². The SMILES string of the molecule is COc1ccc(C)cc1NC1CC(C)(C)OC1(C)C. The van der Waals surface area contributed by atoms with E-state index in [0.717, 1.165) is 17.9 Å². The van der Waals surface area contributed by atoms with E-state index in [4.69, 9.17) is 9.47 Å². The minimum absolute atomic E-state index is 0.0851. The standard InChI is InChI=1S/C16H25NO2/c1-11-7-8-13(18-6)12(9-11)17-14-10-15(2,3)19-16(14,4)5/h7-9,14,17H,10H2,1-6H3. The normalized spacial score (nSPS) is 24.2. The zero-order valence-corrected chi connectivity index (χ0v) is 12.8. The molecule has 0 saturated carbocycles. The van der Waals surface area contributed by atoms with Crippen LogP contribution < -0.4 is 10.1 Å². The zero-order chi connectivity index (χ0) is 14.3. The molecule has 0 aromatic heterocycles. The average molecular weight is 263 g/mol.